The first-order valence-electron chi connectivity index (χ1n) is 5.64. The van der Waals surface area contributed by atoms with E-state index in [4.69, 9.17) is 10.00 Å². The van der Waals surface area contributed by atoms with Crippen LogP contribution in [0.5, 0.6) is 0 Å². The summed E-state index contributed by atoms with van der Waals surface area (Å²) in [5.74, 6) is 0. The SMILES string of the molecule is CCOCCCCNCc1ccc(C#N)s1. The van der Waals surface area contributed by atoms with E-state index in [1.165, 1.54) is 4.88 Å². The highest BCUT2D eigenvalue weighted by molar-refractivity contribution is 7.12. The maximum Gasteiger partial charge on any atom is 0.110 e. The van der Waals surface area contributed by atoms with Crippen LogP contribution in [-0.4, -0.2) is 19.8 Å². The molecule has 0 aliphatic heterocycles. The van der Waals surface area contributed by atoms with Crippen LogP contribution in [0.2, 0.25) is 0 Å². The minimum absolute atomic E-state index is 0.785. The number of unbranched alkanes of at least 4 members (excludes halogenated alkanes) is 1. The van der Waals surface area contributed by atoms with Crippen molar-refractivity contribution in [2.45, 2.75) is 26.3 Å². The van der Waals surface area contributed by atoms with Crippen molar-refractivity contribution in [3.63, 3.8) is 0 Å². The fourth-order valence-electron chi connectivity index (χ4n) is 1.34. The van der Waals surface area contributed by atoms with Crippen molar-refractivity contribution < 1.29 is 4.74 Å². The largest absolute Gasteiger partial charge is 0.382 e. The molecule has 1 rings (SSSR count). The Hall–Kier alpha value is -0.890. The van der Waals surface area contributed by atoms with Crippen LogP contribution in [0.15, 0.2) is 12.1 Å². The number of hydrogen-bond acceptors (Lipinski definition) is 4. The molecule has 0 radical (unpaired) electrons. The Kier molecular flexibility index (Phi) is 6.82. The van der Waals surface area contributed by atoms with Crippen LogP contribution >= 0.6 is 11.3 Å². The Balaban J connectivity index is 2.01. The van der Waals surface area contributed by atoms with Crippen LogP contribution in [-0.2, 0) is 11.3 Å². The molecule has 0 atom stereocenters. The van der Waals surface area contributed by atoms with Gasteiger partial charge in [-0.3, -0.25) is 0 Å². The molecule has 3 nitrogen and oxygen atoms in total. The van der Waals surface area contributed by atoms with Crippen molar-refractivity contribution >= 4 is 11.3 Å². The van der Waals surface area contributed by atoms with Gasteiger partial charge in [0, 0.05) is 24.6 Å². The molecule has 0 aliphatic rings. The summed E-state index contributed by atoms with van der Waals surface area (Å²) in [5, 5.41) is 12.0. The maximum absolute atomic E-state index is 8.67. The number of nitrogens with one attached hydrogen (secondary N) is 1. The molecule has 0 unspecified atom stereocenters. The van der Waals surface area contributed by atoms with E-state index in [1.54, 1.807) is 11.3 Å². The van der Waals surface area contributed by atoms with Gasteiger partial charge in [0.1, 0.15) is 10.9 Å². The topological polar surface area (TPSA) is 45.0 Å². The first-order chi connectivity index (χ1) is 7.86. The average Bonchev–Trinajstić information content (AvgIpc) is 2.76. The second-order valence-corrected chi connectivity index (χ2v) is 4.63. The van der Waals surface area contributed by atoms with Crippen molar-refractivity contribution in [3.05, 3.63) is 21.9 Å². The third kappa shape index (κ3) is 5.26. The fourth-order valence-corrected chi connectivity index (χ4v) is 2.12. The van der Waals surface area contributed by atoms with E-state index in [1.807, 2.05) is 19.1 Å². The molecule has 0 aromatic carbocycles. The van der Waals surface area contributed by atoms with Gasteiger partial charge in [0.05, 0.1) is 0 Å². The van der Waals surface area contributed by atoms with Crippen molar-refractivity contribution in [3.8, 4) is 6.07 Å². The average molecular weight is 238 g/mol. The number of nitrogens with zero attached hydrogens (tertiary/aromatic N) is 1. The van der Waals surface area contributed by atoms with Gasteiger partial charge < -0.3 is 10.1 Å². The van der Waals surface area contributed by atoms with Gasteiger partial charge in [-0.2, -0.15) is 5.26 Å². The second-order valence-electron chi connectivity index (χ2n) is 3.46. The minimum Gasteiger partial charge on any atom is -0.382 e. The molecular formula is C12H18N2OS. The smallest absolute Gasteiger partial charge is 0.110 e. The van der Waals surface area contributed by atoms with E-state index in [9.17, 15) is 0 Å². The Labute approximate surface area is 101 Å². The quantitative estimate of drug-likeness (QED) is 0.708. The van der Waals surface area contributed by atoms with Crippen LogP contribution in [0.1, 0.15) is 29.5 Å². The Morgan fingerprint density at radius 1 is 1.44 bits per heavy atom. The standard InChI is InChI=1S/C12H18N2OS/c1-2-15-8-4-3-7-14-10-12-6-5-11(9-13)16-12/h5-6,14H,2-4,7-8,10H2,1H3. The van der Waals surface area contributed by atoms with Crippen molar-refractivity contribution in [1.82, 2.24) is 5.32 Å². The number of nitriles is 1. The molecule has 1 N–H and O–H groups in total. The Morgan fingerprint density at radius 3 is 3.00 bits per heavy atom. The van der Waals surface area contributed by atoms with Gasteiger partial charge >= 0.3 is 0 Å². The number of ether oxygens (including phenoxy) is 1. The molecule has 0 fully saturated rings. The van der Waals surface area contributed by atoms with Crippen molar-refractivity contribution in [2.75, 3.05) is 19.8 Å². The van der Waals surface area contributed by atoms with E-state index in [2.05, 4.69) is 11.4 Å². The van der Waals surface area contributed by atoms with E-state index in [0.717, 1.165) is 44.0 Å². The van der Waals surface area contributed by atoms with Crippen LogP contribution in [0.25, 0.3) is 0 Å². The summed E-state index contributed by atoms with van der Waals surface area (Å²) in [5.41, 5.74) is 0. The molecule has 88 valence electrons. The molecule has 0 amide bonds. The van der Waals surface area contributed by atoms with E-state index < -0.39 is 0 Å². The number of hydrogen-bond donors (Lipinski definition) is 1. The summed E-state index contributed by atoms with van der Waals surface area (Å²) in [6, 6.07) is 6.03. The molecule has 16 heavy (non-hydrogen) atoms. The fraction of sp³-hybridized carbons (Fsp3) is 0.583. The predicted molar refractivity (Wildman–Crippen MR) is 66.5 cm³/mol. The highest BCUT2D eigenvalue weighted by atomic mass is 32.1. The lowest BCUT2D eigenvalue weighted by Crippen LogP contribution is -2.14. The molecular weight excluding hydrogens is 220 g/mol. The summed E-state index contributed by atoms with van der Waals surface area (Å²) in [4.78, 5) is 2.01. The van der Waals surface area contributed by atoms with Crippen molar-refractivity contribution in [2.24, 2.45) is 0 Å². The molecule has 1 aromatic heterocycles. The van der Waals surface area contributed by atoms with Crippen LogP contribution in [0.3, 0.4) is 0 Å². The highest BCUT2D eigenvalue weighted by Gasteiger charge is 1.98. The number of rotatable bonds is 8. The van der Waals surface area contributed by atoms with Gasteiger partial charge in [0.15, 0.2) is 0 Å². The lowest BCUT2D eigenvalue weighted by Gasteiger charge is -2.03. The minimum atomic E-state index is 0.785. The lowest BCUT2D eigenvalue weighted by atomic mass is 10.3. The number of thiophene rings is 1. The molecule has 0 spiro atoms. The summed E-state index contributed by atoms with van der Waals surface area (Å²) < 4.78 is 5.25. The third-order valence-electron chi connectivity index (χ3n) is 2.17. The summed E-state index contributed by atoms with van der Waals surface area (Å²) in [6.45, 7) is 5.55. The zero-order valence-electron chi connectivity index (χ0n) is 9.66. The molecule has 1 heterocycles. The monoisotopic (exact) mass is 238 g/mol. The Bertz CT molecular complexity index is 330. The van der Waals surface area contributed by atoms with Gasteiger partial charge in [-0.15, -0.1) is 11.3 Å². The molecule has 1 aromatic rings. The molecule has 0 aliphatic carbocycles. The third-order valence-corrected chi connectivity index (χ3v) is 3.16. The predicted octanol–water partition coefficient (Wildman–Crippen LogP) is 2.53. The zero-order valence-corrected chi connectivity index (χ0v) is 10.5. The van der Waals surface area contributed by atoms with Gasteiger partial charge in [-0.1, -0.05) is 0 Å². The van der Waals surface area contributed by atoms with Crippen LogP contribution < -0.4 is 5.32 Å². The molecule has 0 bridgehead atoms. The lowest BCUT2D eigenvalue weighted by molar-refractivity contribution is 0.143. The first-order valence-corrected chi connectivity index (χ1v) is 6.45. The molecule has 0 saturated heterocycles. The van der Waals surface area contributed by atoms with Gasteiger partial charge in [0.2, 0.25) is 0 Å². The van der Waals surface area contributed by atoms with E-state index in [0.29, 0.717) is 0 Å². The van der Waals surface area contributed by atoms with Gasteiger partial charge in [-0.25, -0.2) is 0 Å². The zero-order chi connectivity index (χ0) is 11.6. The summed E-state index contributed by atoms with van der Waals surface area (Å²) in [7, 11) is 0. The van der Waals surface area contributed by atoms with E-state index >= 15 is 0 Å². The van der Waals surface area contributed by atoms with Crippen LogP contribution in [0.4, 0.5) is 0 Å². The Morgan fingerprint density at radius 2 is 2.31 bits per heavy atom. The highest BCUT2D eigenvalue weighted by Crippen LogP contribution is 2.14. The second kappa shape index (κ2) is 8.28. The van der Waals surface area contributed by atoms with Crippen molar-refractivity contribution in [1.29, 1.82) is 5.26 Å². The normalized spacial score (nSPS) is 10.2. The first kappa shape index (κ1) is 13.2. The maximum atomic E-state index is 8.67. The summed E-state index contributed by atoms with van der Waals surface area (Å²) >= 11 is 1.56. The molecule has 0 saturated carbocycles. The van der Waals surface area contributed by atoms with Gasteiger partial charge in [-0.05, 0) is 38.4 Å². The van der Waals surface area contributed by atoms with Gasteiger partial charge in [0.25, 0.3) is 0 Å². The van der Waals surface area contributed by atoms with E-state index in [-0.39, 0.29) is 0 Å². The van der Waals surface area contributed by atoms with Crippen LogP contribution in [0, 0.1) is 11.3 Å². The summed E-state index contributed by atoms with van der Waals surface area (Å²) in [6.07, 6.45) is 2.24. The molecule has 4 heteroatoms.